The zero-order valence-corrected chi connectivity index (χ0v) is 19.2. The second-order valence-electron chi connectivity index (χ2n) is 8.95. The maximum absolute atomic E-state index is 13.5. The van der Waals surface area contributed by atoms with Gasteiger partial charge < -0.3 is 4.42 Å². The minimum atomic E-state index is -0.620. The van der Waals surface area contributed by atoms with E-state index in [9.17, 15) is 9.59 Å². The standard InChI is InChI=1S/C25H23N3O3S/c1-5-18-26-27-24(32-18)28-20(14-10-12-15(13-11-14)25(2,3)4)19-21(29)16-8-6-7-9-17(16)31-22(19)23(28)30/h6-13,20H,5H2,1-4H3. The van der Waals surface area contributed by atoms with Crippen LogP contribution in [0.5, 0.6) is 0 Å². The van der Waals surface area contributed by atoms with E-state index in [2.05, 4.69) is 43.1 Å². The number of para-hydroxylation sites is 1. The number of carbonyl (C=O) groups excluding carboxylic acids is 1. The third kappa shape index (κ3) is 3.15. The second kappa shape index (κ2) is 7.38. The molecule has 0 N–H and O–H groups in total. The van der Waals surface area contributed by atoms with Crippen LogP contribution in [-0.2, 0) is 11.8 Å². The Labute approximate surface area is 189 Å². The molecule has 6 nitrogen and oxygen atoms in total. The van der Waals surface area contributed by atoms with Gasteiger partial charge in [-0.2, -0.15) is 0 Å². The molecule has 1 unspecified atom stereocenters. The highest BCUT2D eigenvalue weighted by Crippen LogP contribution is 2.42. The molecule has 3 heterocycles. The van der Waals surface area contributed by atoms with Crippen molar-refractivity contribution in [1.29, 1.82) is 0 Å². The van der Waals surface area contributed by atoms with Crippen molar-refractivity contribution in [3.8, 4) is 0 Å². The smallest absolute Gasteiger partial charge is 0.297 e. The van der Waals surface area contributed by atoms with Gasteiger partial charge in [-0.3, -0.25) is 14.5 Å². The summed E-state index contributed by atoms with van der Waals surface area (Å²) < 4.78 is 5.98. The molecular formula is C25H23N3O3S. The lowest BCUT2D eigenvalue weighted by Gasteiger charge is -2.24. The van der Waals surface area contributed by atoms with Crippen LogP contribution in [0.1, 0.15) is 66.0 Å². The van der Waals surface area contributed by atoms with Crippen molar-refractivity contribution in [2.45, 2.75) is 45.6 Å². The fraction of sp³-hybridized carbons (Fsp3) is 0.280. The number of carbonyl (C=O) groups is 1. The van der Waals surface area contributed by atoms with Crippen LogP contribution in [0.4, 0.5) is 5.13 Å². The highest BCUT2D eigenvalue weighted by atomic mass is 32.1. The molecule has 1 aliphatic heterocycles. The minimum Gasteiger partial charge on any atom is -0.450 e. The summed E-state index contributed by atoms with van der Waals surface area (Å²) in [7, 11) is 0. The van der Waals surface area contributed by atoms with Crippen molar-refractivity contribution >= 4 is 33.3 Å². The lowest BCUT2D eigenvalue weighted by atomic mass is 9.86. The topological polar surface area (TPSA) is 76.3 Å². The molecule has 0 saturated carbocycles. The first-order chi connectivity index (χ1) is 15.3. The van der Waals surface area contributed by atoms with Gasteiger partial charge in [0.15, 0.2) is 5.43 Å². The van der Waals surface area contributed by atoms with Gasteiger partial charge in [0.2, 0.25) is 10.9 Å². The number of benzene rings is 2. The Kier molecular flexibility index (Phi) is 4.74. The van der Waals surface area contributed by atoms with E-state index in [0.29, 0.717) is 21.7 Å². The van der Waals surface area contributed by atoms with Gasteiger partial charge in [0, 0.05) is 0 Å². The summed E-state index contributed by atoms with van der Waals surface area (Å²) in [6.45, 7) is 8.44. The van der Waals surface area contributed by atoms with Gasteiger partial charge in [-0.05, 0) is 35.1 Å². The normalized spacial score (nSPS) is 16.1. The average molecular weight is 446 g/mol. The molecule has 4 aromatic rings. The van der Waals surface area contributed by atoms with E-state index in [1.165, 1.54) is 16.9 Å². The molecule has 0 fully saturated rings. The van der Waals surface area contributed by atoms with Crippen LogP contribution in [0.3, 0.4) is 0 Å². The molecule has 1 amide bonds. The number of rotatable bonds is 3. The van der Waals surface area contributed by atoms with E-state index in [4.69, 9.17) is 4.42 Å². The number of amides is 1. The molecule has 1 atom stereocenters. The second-order valence-corrected chi connectivity index (χ2v) is 9.99. The number of aromatic nitrogens is 2. The van der Waals surface area contributed by atoms with Crippen LogP contribution in [0.2, 0.25) is 0 Å². The molecule has 2 aromatic carbocycles. The third-order valence-electron chi connectivity index (χ3n) is 5.83. The molecule has 0 bridgehead atoms. The van der Waals surface area contributed by atoms with Gasteiger partial charge in [0.05, 0.1) is 17.0 Å². The van der Waals surface area contributed by atoms with Crippen molar-refractivity contribution in [1.82, 2.24) is 10.2 Å². The van der Waals surface area contributed by atoms with Crippen LogP contribution < -0.4 is 10.3 Å². The lowest BCUT2D eigenvalue weighted by Crippen LogP contribution is -2.29. The van der Waals surface area contributed by atoms with E-state index >= 15 is 0 Å². The Morgan fingerprint density at radius 1 is 1.03 bits per heavy atom. The number of anilines is 1. The Morgan fingerprint density at radius 3 is 2.41 bits per heavy atom. The number of hydrogen-bond acceptors (Lipinski definition) is 6. The molecule has 162 valence electrons. The Morgan fingerprint density at radius 2 is 1.75 bits per heavy atom. The molecule has 0 spiro atoms. The van der Waals surface area contributed by atoms with Crippen LogP contribution in [0, 0.1) is 0 Å². The van der Waals surface area contributed by atoms with Gasteiger partial charge in [0.1, 0.15) is 10.6 Å². The predicted octanol–water partition coefficient (Wildman–Crippen LogP) is 5.25. The lowest BCUT2D eigenvalue weighted by molar-refractivity contribution is 0.0970. The summed E-state index contributed by atoms with van der Waals surface area (Å²) in [5.41, 5.74) is 2.56. The maximum Gasteiger partial charge on any atom is 0.297 e. The number of fused-ring (bicyclic) bond motifs is 2. The quantitative estimate of drug-likeness (QED) is 0.430. The van der Waals surface area contributed by atoms with Gasteiger partial charge in [-0.15, -0.1) is 10.2 Å². The number of nitrogens with zero attached hydrogens (tertiary/aromatic N) is 3. The average Bonchev–Trinajstić information content (AvgIpc) is 3.36. The summed E-state index contributed by atoms with van der Waals surface area (Å²) >= 11 is 1.36. The monoisotopic (exact) mass is 445 g/mol. The van der Waals surface area contributed by atoms with Crippen molar-refractivity contribution in [2.24, 2.45) is 0 Å². The van der Waals surface area contributed by atoms with Crippen LogP contribution in [0.15, 0.2) is 57.7 Å². The largest absolute Gasteiger partial charge is 0.450 e. The summed E-state index contributed by atoms with van der Waals surface area (Å²) in [5.74, 6) is -0.293. The SMILES string of the molecule is CCc1nnc(N2C(=O)c3oc4ccccc4c(=O)c3C2c2ccc(C(C)(C)C)cc2)s1. The molecule has 0 radical (unpaired) electrons. The molecule has 1 aliphatic rings. The maximum atomic E-state index is 13.5. The third-order valence-corrected chi connectivity index (χ3v) is 6.90. The minimum absolute atomic E-state index is 0.00783. The molecule has 0 aliphatic carbocycles. The fourth-order valence-electron chi connectivity index (χ4n) is 4.08. The van der Waals surface area contributed by atoms with Gasteiger partial charge in [0.25, 0.3) is 5.91 Å². The van der Waals surface area contributed by atoms with Crippen LogP contribution in [0.25, 0.3) is 11.0 Å². The predicted molar refractivity (Wildman–Crippen MR) is 126 cm³/mol. The Balaban J connectivity index is 1.75. The van der Waals surface area contributed by atoms with Gasteiger partial charge in [-0.1, -0.05) is 75.4 Å². The van der Waals surface area contributed by atoms with Crippen molar-refractivity contribution in [3.63, 3.8) is 0 Å². The van der Waals surface area contributed by atoms with E-state index in [1.54, 1.807) is 29.2 Å². The molecule has 2 aromatic heterocycles. The van der Waals surface area contributed by atoms with Crippen molar-refractivity contribution < 1.29 is 9.21 Å². The molecular weight excluding hydrogens is 422 g/mol. The van der Waals surface area contributed by atoms with E-state index in [1.807, 2.05) is 19.1 Å². The zero-order valence-electron chi connectivity index (χ0n) is 18.4. The van der Waals surface area contributed by atoms with Crippen molar-refractivity contribution in [3.05, 3.63) is 86.2 Å². The summed E-state index contributed by atoms with van der Waals surface area (Å²) in [6, 6.07) is 14.5. The molecule has 5 rings (SSSR count). The highest BCUT2D eigenvalue weighted by Gasteiger charge is 2.45. The molecule has 0 saturated heterocycles. The van der Waals surface area contributed by atoms with Crippen molar-refractivity contribution in [2.75, 3.05) is 4.90 Å². The van der Waals surface area contributed by atoms with Crippen LogP contribution in [-0.4, -0.2) is 16.1 Å². The van der Waals surface area contributed by atoms with Gasteiger partial charge in [-0.25, -0.2) is 0 Å². The Hall–Kier alpha value is -3.32. The van der Waals surface area contributed by atoms with Crippen LogP contribution >= 0.6 is 11.3 Å². The number of aryl methyl sites for hydroxylation is 1. The van der Waals surface area contributed by atoms with E-state index in [-0.39, 0.29) is 22.5 Å². The fourth-order valence-corrected chi connectivity index (χ4v) is 4.89. The summed E-state index contributed by atoms with van der Waals surface area (Å²) in [4.78, 5) is 28.6. The first-order valence-electron chi connectivity index (χ1n) is 10.6. The molecule has 32 heavy (non-hydrogen) atoms. The zero-order chi connectivity index (χ0) is 22.6. The summed E-state index contributed by atoms with van der Waals surface area (Å²) in [5, 5.41) is 10.2. The van der Waals surface area contributed by atoms with Gasteiger partial charge >= 0.3 is 0 Å². The highest BCUT2D eigenvalue weighted by molar-refractivity contribution is 7.15. The van der Waals surface area contributed by atoms with E-state index in [0.717, 1.165) is 17.0 Å². The van der Waals surface area contributed by atoms with E-state index < -0.39 is 6.04 Å². The first-order valence-corrected chi connectivity index (χ1v) is 11.4. The summed E-state index contributed by atoms with van der Waals surface area (Å²) in [6.07, 6.45) is 0.721. The molecule has 7 heteroatoms. The number of hydrogen-bond donors (Lipinski definition) is 0. The first kappa shape index (κ1) is 20.6. The Bertz CT molecular complexity index is 1400.